The van der Waals surface area contributed by atoms with E-state index in [1.54, 1.807) is 13.2 Å². The molecule has 0 amide bonds. The summed E-state index contributed by atoms with van der Waals surface area (Å²) in [4.78, 5) is 0. The molecular weight excluding hydrogens is 200 g/mol. The zero-order chi connectivity index (χ0) is 11.4. The fourth-order valence-corrected chi connectivity index (χ4v) is 1.69. The summed E-state index contributed by atoms with van der Waals surface area (Å²) in [6.07, 6.45) is 0.712. The van der Waals surface area contributed by atoms with Crippen molar-refractivity contribution < 1.29 is 9.84 Å². The van der Waals surface area contributed by atoms with Crippen LogP contribution in [0.15, 0.2) is 48.5 Å². The Morgan fingerprint density at radius 3 is 2.44 bits per heavy atom. The lowest BCUT2D eigenvalue weighted by Gasteiger charge is -2.08. The van der Waals surface area contributed by atoms with Crippen LogP contribution in [0.3, 0.4) is 0 Å². The van der Waals surface area contributed by atoms with Gasteiger partial charge in [0.15, 0.2) is 11.5 Å². The summed E-state index contributed by atoms with van der Waals surface area (Å²) in [5.74, 6) is 0.752. The summed E-state index contributed by atoms with van der Waals surface area (Å²) in [5, 5.41) is 9.93. The maximum Gasteiger partial charge on any atom is 0.161 e. The van der Waals surface area contributed by atoms with E-state index in [1.165, 1.54) is 5.56 Å². The number of methoxy groups -OCH3 is 1. The van der Waals surface area contributed by atoms with Gasteiger partial charge in [-0.25, -0.2) is 0 Å². The Hall–Kier alpha value is -1.96. The quantitative estimate of drug-likeness (QED) is 0.851. The molecule has 2 aromatic carbocycles. The third kappa shape index (κ3) is 2.16. The summed E-state index contributed by atoms with van der Waals surface area (Å²) < 4.78 is 5.07. The van der Waals surface area contributed by atoms with E-state index in [1.807, 2.05) is 42.5 Å². The van der Waals surface area contributed by atoms with Crippen LogP contribution in [-0.2, 0) is 6.42 Å². The van der Waals surface area contributed by atoms with Gasteiger partial charge in [0.05, 0.1) is 7.11 Å². The van der Waals surface area contributed by atoms with Crippen LogP contribution in [0.1, 0.15) is 11.1 Å². The van der Waals surface area contributed by atoms with E-state index < -0.39 is 0 Å². The van der Waals surface area contributed by atoms with Gasteiger partial charge in [0.1, 0.15) is 0 Å². The lowest BCUT2D eigenvalue weighted by molar-refractivity contribution is 0.371. The lowest BCUT2D eigenvalue weighted by atomic mass is 10.0. The van der Waals surface area contributed by atoms with Gasteiger partial charge < -0.3 is 9.84 Å². The molecule has 0 bridgehead atoms. The lowest BCUT2D eigenvalue weighted by Crippen LogP contribution is -1.91. The summed E-state index contributed by atoms with van der Waals surface area (Å²) in [7, 11) is 1.56. The number of hydrogen-bond donors (Lipinski definition) is 1. The third-order valence-electron chi connectivity index (χ3n) is 2.54. The molecule has 0 aliphatic carbocycles. The van der Waals surface area contributed by atoms with E-state index in [4.69, 9.17) is 4.74 Å². The summed E-state index contributed by atoms with van der Waals surface area (Å²) in [6, 6.07) is 15.6. The number of rotatable bonds is 3. The minimum absolute atomic E-state index is 0.230. The molecule has 1 N–H and O–H groups in total. The van der Waals surface area contributed by atoms with Crippen molar-refractivity contribution in [2.24, 2.45) is 0 Å². The van der Waals surface area contributed by atoms with E-state index in [9.17, 15) is 5.11 Å². The molecule has 0 aliphatic heterocycles. The number of hydrogen-bond acceptors (Lipinski definition) is 2. The first-order valence-electron chi connectivity index (χ1n) is 5.20. The summed E-state index contributed by atoms with van der Waals surface area (Å²) in [6.45, 7) is 0. The van der Waals surface area contributed by atoms with Gasteiger partial charge in [0.25, 0.3) is 0 Å². The van der Waals surface area contributed by atoms with Gasteiger partial charge in [0.2, 0.25) is 0 Å². The van der Waals surface area contributed by atoms with Gasteiger partial charge >= 0.3 is 0 Å². The molecular formula is C14H14O2. The Kier molecular flexibility index (Phi) is 3.10. The zero-order valence-corrected chi connectivity index (χ0v) is 9.18. The monoisotopic (exact) mass is 214 g/mol. The Morgan fingerprint density at radius 1 is 1.00 bits per heavy atom. The molecule has 2 aromatic rings. The minimum atomic E-state index is 0.230. The average molecular weight is 214 g/mol. The van der Waals surface area contributed by atoms with Crippen molar-refractivity contribution in [3.8, 4) is 11.5 Å². The third-order valence-corrected chi connectivity index (χ3v) is 2.54. The largest absolute Gasteiger partial charge is 0.504 e. The second-order valence-electron chi connectivity index (χ2n) is 3.63. The molecule has 2 heteroatoms. The Balaban J connectivity index is 2.28. The molecule has 0 saturated heterocycles. The standard InChI is InChI=1S/C14H14O2/c1-16-13-9-5-8-12(14(13)15)10-11-6-3-2-4-7-11/h2-9,15H,10H2,1H3. The van der Waals surface area contributed by atoms with Crippen LogP contribution in [0, 0.1) is 0 Å². The minimum Gasteiger partial charge on any atom is -0.504 e. The molecule has 2 rings (SSSR count). The predicted molar refractivity (Wildman–Crippen MR) is 63.9 cm³/mol. The molecule has 0 spiro atoms. The van der Waals surface area contributed by atoms with Gasteiger partial charge in [-0.05, 0) is 11.6 Å². The van der Waals surface area contributed by atoms with Crippen molar-refractivity contribution in [2.75, 3.05) is 7.11 Å². The van der Waals surface area contributed by atoms with Crippen LogP contribution in [0.5, 0.6) is 11.5 Å². The highest BCUT2D eigenvalue weighted by molar-refractivity contribution is 5.47. The molecule has 0 atom stereocenters. The number of phenols is 1. The molecule has 2 nitrogen and oxygen atoms in total. The molecule has 0 aromatic heterocycles. The maximum atomic E-state index is 9.93. The highest BCUT2D eigenvalue weighted by atomic mass is 16.5. The first-order valence-corrected chi connectivity index (χ1v) is 5.20. The number of phenolic OH excluding ortho intramolecular Hbond substituents is 1. The van der Waals surface area contributed by atoms with Gasteiger partial charge in [-0.15, -0.1) is 0 Å². The predicted octanol–water partition coefficient (Wildman–Crippen LogP) is 2.99. The first-order chi connectivity index (χ1) is 7.81. The fourth-order valence-electron chi connectivity index (χ4n) is 1.69. The van der Waals surface area contributed by atoms with E-state index in [-0.39, 0.29) is 5.75 Å². The highest BCUT2D eigenvalue weighted by Gasteiger charge is 2.07. The van der Waals surface area contributed by atoms with Crippen LogP contribution < -0.4 is 4.74 Å². The molecule has 0 radical (unpaired) electrons. The number of ether oxygens (including phenoxy) is 1. The van der Waals surface area contributed by atoms with Crippen LogP contribution in [0.25, 0.3) is 0 Å². The molecule has 0 aliphatic rings. The van der Waals surface area contributed by atoms with E-state index in [0.717, 1.165) is 5.56 Å². The number of aromatic hydroxyl groups is 1. The van der Waals surface area contributed by atoms with Crippen molar-refractivity contribution in [2.45, 2.75) is 6.42 Å². The van der Waals surface area contributed by atoms with Crippen molar-refractivity contribution in [1.29, 1.82) is 0 Å². The van der Waals surface area contributed by atoms with E-state index in [2.05, 4.69) is 0 Å². The summed E-state index contributed by atoms with van der Waals surface area (Å²) in [5.41, 5.74) is 2.05. The highest BCUT2D eigenvalue weighted by Crippen LogP contribution is 2.30. The molecule has 0 saturated carbocycles. The van der Waals surface area contributed by atoms with Crippen LogP contribution >= 0.6 is 0 Å². The molecule has 82 valence electrons. The average Bonchev–Trinajstić information content (AvgIpc) is 2.33. The zero-order valence-electron chi connectivity index (χ0n) is 9.18. The van der Waals surface area contributed by atoms with Crippen molar-refractivity contribution in [3.05, 3.63) is 59.7 Å². The van der Waals surface area contributed by atoms with Gasteiger partial charge in [-0.3, -0.25) is 0 Å². The normalized spacial score (nSPS) is 10.1. The van der Waals surface area contributed by atoms with Gasteiger partial charge in [-0.2, -0.15) is 0 Å². The van der Waals surface area contributed by atoms with Crippen LogP contribution in [-0.4, -0.2) is 12.2 Å². The Labute approximate surface area is 95.1 Å². The molecule has 16 heavy (non-hydrogen) atoms. The Morgan fingerprint density at radius 2 is 1.75 bits per heavy atom. The van der Waals surface area contributed by atoms with Crippen LogP contribution in [0.4, 0.5) is 0 Å². The second kappa shape index (κ2) is 4.71. The van der Waals surface area contributed by atoms with Gasteiger partial charge in [0, 0.05) is 12.0 Å². The van der Waals surface area contributed by atoms with E-state index in [0.29, 0.717) is 12.2 Å². The smallest absolute Gasteiger partial charge is 0.161 e. The first kappa shape index (κ1) is 10.6. The van der Waals surface area contributed by atoms with Crippen molar-refractivity contribution in [1.82, 2.24) is 0 Å². The second-order valence-corrected chi connectivity index (χ2v) is 3.63. The Bertz CT molecular complexity index is 463. The fraction of sp³-hybridized carbons (Fsp3) is 0.143. The number of benzene rings is 2. The summed E-state index contributed by atoms with van der Waals surface area (Å²) >= 11 is 0. The van der Waals surface area contributed by atoms with Crippen molar-refractivity contribution >= 4 is 0 Å². The number of para-hydroxylation sites is 1. The molecule has 0 unspecified atom stereocenters. The van der Waals surface area contributed by atoms with Gasteiger partial charge in [-0.1, -0.05) is 42.5 Å². The molecule has 0 fully saturated rings. The van der Waals surface area contributed by atoms with Crippen molar-refractivity contribution in [3.63, 3.8) is 0 Å². The van der Waals surface area contributed by atoms with Crippen LogP contribution in [0.2, 0.25) is 0 Å². The van der Waals surface area contributed by atoms with E-state index >= 15 is 0 Å². The maximum absolute atomic E-state index is 9.93. The topological polar surface area (TPSA) is 29.5 Å². The molecule has 0 heterocycles. The SMILES string of the molecule is COc1cccc(Cc2ccccc2)c1O.